The first kappa shape index (κ1) is 22.9. The molecule has 1 aromatic carbocycles. The van der Waals surface area contributed by atoms with E-state index >= 15 is 0 Å². The van der Waals surface area contributed by atoms with Gasteiger partial charge in [0.15, 0.2) is 11.6 Å². The number of hydrogen-bond donors (Lipinski definition) is 1. The third-order valence-electron chi connectivity index (χ3n) is 6.40. The zero-order valence-electron chi connectivity index (χ0n) is 19.3. The Morgan fingerprint density at radius 1 is 1.21 bits per heavy atom. The fourth-order valence-electron chi connectivity index (χ4n) is 4.85. The van der Waals surface area contributed by atoms with Crippen molar-refractivity contribution in [3.63, 3.8) is 0 Å². The predicted octanol–water partition coefficient (Wildman–Crippen LogP) is 5.35. The van der Waals surface area contributed by atoms with Crippen LogP contribution in [0.15, 0.2) is 63.8 Å². The summed E-state index contributed by atoms with van der Waals surface area (Å²) in [5.74, 6) is 0.552. The monoisotopic (exact) mass is 446 g/mol. The van der Waals surface area contributed by atoms with Gasteiger partial charge in [0.05, 0.1) is 23.4 Å². The molecule has 0 radical (unpaired) electrons. The number of carbonyl (C=O) groups excluding carboxylic acids is 2. The number of aliphatic hydroxyl groups is 1. The van der Waals surface area contributed by atoms with Crippen LogP contribution in [0.5, 0.6) is 0 Å². The van der Waals surface area contributed by atoms with E-state index in [9.17, 15) is 14.7 Å². The van der Waals surface area contributed by atoms with Crippen molar-refractivity contribution in [2.45, 2.75) is 58.3 Å². The minimum Gasteiger partial charge on any atom is -0.511 e. The molecule has 0 saturated heterocycles. The van der Waals surface area contributed by atoms with Crippen LogP contribution in [-0.2, 0) is 17.6 Å². The molecule has 1 aromatic heterocycles. The Bertz CT molecular complexity index is 1140. The highest BCUT2D eigenvalue weighted by Crippen LogP contribution is 2.37. The summed E-state index contributed by atoms with van der Waals surface area (Å²) < 4.78 is 5.46. The second kappa shape index (κ2) is 9.30. The Labute approximate surface area is 194 Å². The molecule has 1 unspecified atom stereocenters. The fourth-order valence-corrected chi connectivity index (χ4v) is 4.85. The van der Waals surface area contributed by atoms with Crippen molar-refractivity contribution >= 4 is 17.3 Å². The quantitative estimate of drug-likeness (QED) is 0.367. The first-order chi connectivity index (χ1) is 15.8. The van der Waals surface area contributed by atoms with E-state index in [1.165, 1.54) is 0 Å². The van der Waals surface area contributed by atoms with E-state index in [1.54, 1.807) is 6.08 Å². The predicted molar refractivity (Wildman–Crippen MR) is 127 cm³/mol. The zero-order valence-corrected chi connectivity index (χ0v) is 19.3. The number of rotatable bonds is 6. The molecule has 6 heteroatoms. The average Bonchev–Trinajstić information content (AvgIpc) is 3.18. The SMILES string of the molecule is C=CCN=C1CC(c2ccccc2)CC(=O)C1=C(O)CCc1noc2c1C(=O)CC(C)(C)C2. The number of carbonyl (C=O) groups is 2. The largest absolute Gasteiger partial charge is 0.511 e. The van der Waals surface area contributed by atoms with Gasteiger partial charge < -0.3 is 9.63 Å². The van der Waals surface area contributed by atoms with E-state index in [2.05, 4.69) is 16.7 Å². The number of aryl methyl sites for hydroxylation is 1. The van der Waals surface area contributed by atoms with Gasteiger partial charge in [-0.2, -0.15) is 0 Å². The first-order valence-electron chi connectivity index (χ1n) is 11.4. The Hall–Kier alpha value is -3.28. The van der Waals surface area contributed by atoms with Gasteiger partial charge in [0.2, 0.25) is 0 Å². The van der Waals surface area contributed by atoms with E-state index in [0.29, 0.717) is 67.0 Å². The molecule has 0 bridgehead atoms. The number of benzene rings is 1. The molecule has 2 aliphatic carbocycles. The van der Waals surface area contributed by atoms with Crippen molar-refractivity contribution in [2.75, 3.05) is 6.54 Å². The molecule has 1 saturated carbocycles. The maximum atomic E-state index is 13.1. The number of ketones is 2. The van der Waals surface area contributed by atoms with E-state index in [1.807, 2.05) is 44.2 Å². The second-order valence-electron chi connectivity index (χ2n) is 9.71. The van der Waals surface area contributed by atoms with Gasteiger partial charge in [0.1, 0.15) is 11.5 Å². The zero-order chi connectivity index (χ0) is 23.6. The van der Waals surface area contributed by atoms with Gasteiger partial charge in [-0.25, -0.2) is 0 Å². The topological polar surface area (TPSA) is 92.8 Å². The standard InChI is InChI=1S/C27H30N2O4/c1-4-12-28-20-13-18(17-8-6-5-7-9-17)14-22(31)25(20)21(30)11-10-19-26-23(32)15-27(2,3)16-24(26)33-29-19/h4-9,18,30H,1,10-16H2,2-3H3. The summed E-state index contributed by atoms with van der Waals surface area (Å²) >= 11 is 0. The van der Waals surface area contributed by atoms with Gasteiger partial charge in [-0.3, -0.25) is 14.6 Å². The third kappa shape index (κ3) is 4.90. The summed E-state index contributed by atoms with van der Waals surface area (Å²) in [7, 11) is 0. The molecule has 1 N–H and O–H groups in total. The van der Waals surface area contributed by atoms with E-state index in [4.69, 9.17) is 4.52 Å². The van der Waals surface area contributed by atoms with Crippen molar-refractivity contribution in [1.82, 2.24) is 5.16 Å². The normalized spacial score (nSPS) is 22.8. The summed E-state index contributed by atoms with van der Waals surface area (Å²) in [4.78, 5) is 30.3. The molecule has 172 valence electrons. The Balaban J connectivity index is 1.56. The lowest BCUT2D eigenvalue weighted by Gasteiger charge is -2.27. The van der Waals surface area contributed by atoms with Crippen molar-refractivity contribution in [3.05, 3.63) is 76.9 Å². The maximum Gasteiger partial charge on any atom is 0.168 e. The Kier molecular flexibility index (Phi) is 6.45. The van der Waals surface area contributed by atoms with E-state index < -0.39 is 0 Å². The molecule has 4 rings (SSSR count). The molecule has 1 atom stereocenters. The summed E-state index contributed by atoms with van der Waals surface area (Å²) in [5, 5.41) is 15.0. The Morgan fingerprint density at radius 3 is 2.70 bits per heavy atom. The lowest BCUT2D eigenvalue weighted by Crippen LogP contribution is -2.27. The molecule has 6 nitrogen and oxygen atoms in total. The molecule has 33 heavy (non-hydrogen) atoms. The van der Waals surface area contributed by atoms with Crippen LogP contribution in [0, 0.1) is 5.41 Å². The van der Waals surface area contributed by atoms with Crippen LogP contribution in [0.2, 0.25) is 0 Å². The van der Waals surface area contributed by atoms with Crippen LogP contribution >= 0.6 is 0 Å². The minimum atomic E-state index is -0.147. The van der Waals surface area contributed by atoms with Crippen LogP contribution in [0.3, 0.4) is 0 Å². The van der Waals surface area contributed by atoms with Crippen molar-refractivity contribution in [1.29, 1.82) is 0 Å². The van der Waals surface area contributed by atoms with E-state index in [-0.39, 0.29) is 35.1 Å². The van der Waals surface area contributed by atoms with Crippen LogP contribution in [-0.4, -0.2) is 34.1 Å². The molecule has 0 amide bonds. The second-order valence-corrected chi connectivity index (χ2v) is 9.71. The number of Topliss-reactive ketones (excluding diaryl/α,β-unsaturated/α-hetero) is 2. The smallest absolute Gasteiger partial charge is 0.168 e. The molecule has 2 aromatic rings. The number of aliphatic imine (C=N–C) groups is 1. The van der Waals surface area contributed by atoms with Crippen LogP contribution in [0.4, 0.5) is 0 Å². The molecular weight excluding hydrogens is 416 g/mol. The lowest BCUT2D eigenvalue weighted by atomic mass is 9.76. The number of hydrogen-bond acceptors (Lipinski definition) is 6. The third-order valence-corrected chi connectivity index (χ3v) is 6.40. The van der Waals surface area contributed by atoms with E-state index in [0.717, 1.165) is 5.56 Å². The van der Waals surface area contributed by atoms with Crippen LogP contribution in [0.25, 0.3) is 0 Å². The summed E-state index contributed by atoms with van der Waals surface area (Å²) in [6, 6.07) is 9.91. The Morgan fingerprint density at radius 2 is 1.97 bits per heavy atom. The summed E-state index contributed by atoms with van der Waals surface area (Å²) in [6.45, 7) is 8.17. The lowest BCUT2D eigenvalue weighted by molar-refractivity contribution is -0.116. The maximum absolute atomic E-state index is 13.1. The number of allylic oxidation sites excluding steroid dienone is 2. The highest BCUT2D eigenvalue weighted by atomic mass is 16.5. The number of aliphatic hydroxyl groups excluding tert-OH is 1. The number of aromatic nitrogens is 1. The van der Waals surface area contributed by atoms with Crippen molar-refractivity contribution < 1.29 is 19.2 Å². The highest BCUT2D eigenvalue weighted by molar-refractivity contribution is 6.24. The van der Waals surface area contributed by atoms with Crippen LogP contribution in [0.1, 0.15) is 72.8 Å². The van der Waals surface area contributed by atoms with Gasteiger partial charge in [-0.1, -0.05) is 55.4 Å². The number of nitrogens with zero attached hydrogens (tertiary/aromatic N) is 2. The van der Waals surface area contributed by atoms with Crippen LogP contribution < -0.4 is 0 Å². The molecule has 1 heterocycles. The number of fused-ring (bicyclic) bond motifs is 1. The van der Waals surface area contributed by atoms with Gasteiger partial charge in [-0.15, -0.1) is 6.58 Å². The molecule has 2 aliphatic rings. The van der Waals surface area contributed by atoms with Gasteiger partial charge in [-0.05, 0) is 23.3 Å². The highest BCUT2D eigenvalue weighted by Gasteiger charge is 2.37. The summed E-state index contributed by atoms with van der Waals surface area (Å²) in [6.07, 6.45) is 4.20. The van der Waals surface area contributed by atoms with Crippen molar-refractivity contribution in [3.8, 4) is 0 Å². The van der Waals surface area contributed by atoms with Gasteiger partial charge >= 0.3 is 0 Å². The summed E-state index contributed by atoms with van der Waals surface area (Å²) in [5.41, 5.74) is 2.95. The average molecular weight is 447 g/mol. The minimum absolute atomic E-state index is 0.00494. The molecule has 0 aliphatic heterocycles. The first-order valence-corrected chi connectivity index (χ1v) is 11.4. The fraction of sp³-hybridized carbons (Fsp3) is 0.407. The molecule has 0 spiro atoms. The molecular formula is C27H30N2O4. The molecule has 1 fully saturated rings. The van der Waals surface area contributed by atoms with Gasteiger partial charge in [0.25, 0.3) is 0 Å². The van der Waals surface area contributed by atoms with Crippen molar-refractivity contribution in [2.24, 2.45) is 10.4 Å². The van der Waals surface area contributed by atoms with Gasteiger partial charge in [0, 0.05) is 37.8 Å².